The quantitative estimate of drug-likeness (QED) is 0.865. The number of ether oxygens (including phenoxy) is 1. The van der Waals surface area contributed by atoms with Crippen LogP contribution in [0.2, 0.25) is 0 Å². The summed E-state index contributed by atoms with van der Waals surface area (Å²) in [6, 6.07) is 5.77. The lowest BCUT2D eigenvalue weighted by Gasteiger charge is -2.12. The highest BCUT2D eigenvalue weighted by Crippen LogP contribution is 2.28. The highest BCUT2D eigenvalue weighted by Gasteiger charge is 2.08. The molecule has 0 aliphatic carbocycles. The maximum Gasteiger partial charge on any atom is 0.133 e. The lowest BCUT2D eigenvalue weighted by molar-refractivity contribution is 0.280. The summed E-state index contributed by atoms with van der Waals surface area (Å²) in [6.45, 7) is 0.186. The molecule has 0 aliphatic rings. The van der Waals surface area contributed by atoms with Crippen LogP contribution >= 0.6 is 15.9 Å². The first-order chi connectivity index (χ1) is 7.19. The maximum atomic E-state index is 8.71. The van der Waals surface area contributed by atoms with E-state index >= 15 is 0 Å². The zero-order valence-electron chi connectivity index (χ0n) is 8.74. The first-order valence-electron chi connectivity index (χ1n) is 4.89. The number of methoxy groups -OCH3 is 1. The van der Waals surface area contributed by atoms with Crippen molar-refractivity contribution in [2.45, 2.75) is 18.9 Å². The van der Waals surface area contributed by atoms with Crippen molar-refractivity contribution in [1.82, 2.24) is 0 Å². The molecular weight excluding hydrogens is 258 g/mol. The Bertz CT molecular complexity index is 317. The van der Waals surface area contributed by atoms with Gasteiger partial charge in [-0.1, -0.05) is 6.07 Å². The van der Waals surface area contributed by atoms with Crippen molar-refractivity contribution >= 4 is 15.9 Å². The number of rotatable bonds is 5. The summed E-state index contributed by atoms with van der Waals surface area (Å²) in [4.78, 5) is 0. The summed E-state index contributed by atoms with van der Waals surface area (Å²) < 4.78 is 6.04. The second-order valence-electron chi connectivity index (χ2n) is 3.37. The smallest absolute Gasteiger partial charge is 0.133 e. The Morgan fingerprint density at radius 3 is 2.80 bits per heavy atom. The fourth-order valence-corrected chi connectivity index (χ4v) is 1.95. The minimum atomic E-state index is -0.0284. The van der Waals surface area contributed by atoms with Gasteiger partial charge in [-0.2, -0.15) is 0 Å². The van der Waals surface area contributed by atoms with Gasteiger partial charge in [-0.15, -0.1) is 0 Å². The minimum Gasteiger partial charge on any atom is -0.496 e. The van der Waals surface area contributed by atoms with Gasteiger partial charge in [-0.05, 0) is 46.5 Å². The Balaban J connectivity index is 2.73. The van der Waals surface area contributed by atoms with E-state index in [0.717, 1.165) is 28.6 Å². The second-order valence-corrected chi connectivity index (χ2v) is 4.22. The molecule has 1 rings (SSSR count). The normalized spacial score (nSPS) is 12.5. The molecule has 15 heavy (non-hydrogen) atoms. The van der Waals surface area contributed by atoms with Crippen molar-refractivity contribution in [3.8, 4) is 5.75 Å². The molecule has 1 unspecified atom stereocenters. The lowest BCUT2D eigenvalue weighted by atomic mass is 10.0. The van der Waals surface area contributed by atoms with Gasteiger partial charge in [-0.3, -0.25) is 0 Å². The van der Waals surface area contributed by atoms with Crippen molar-refractivity contribution in [2.75, 3.05) is 13.7 Å². The number of nitrogens with two attached hydrogens (primary N) is 1. The number of benzene rings is 1. The molecule has 0 radical (unpaired) electrons. The van der Waals surface area contributed by atoms with E-state index in [0.29, 0.717) is 0 Å². The molecule has 0 aliphatic heterocycles. The van der Waals surface area contributed by atoms with Crippen LogP contribution in [0.3, 0.4) is 0 Å². The molecule has 1 atom stereocenters. The van der Waals surface area contributed by atoms with Crippen LogP contribution in [0.15, 0.2) is 22.7 Å². The van der Waals surface area contributed by atoms with Crippen LogP contribution < -0.4 is 10.5 Å². The number of aliphatic hydroxyl groups is 1. The van der Waals surface area contributed by atoms with E-state index in [4.69, 9.17) is 15.6 Å². The maximum absolute atomic E-state index is 8.71. The van der Waals surface area contributed by atoms with Crippen LogP contribution in [-0.4, -0.2) is 18.8 Å². The topological polar surface area (TPSA) is 55.5 Å². The largest absolute Gasteiger partial charge is 0.496 e. The molecule has 0 saturated heterocycles. The summed E-state index contributed by atoms with van der Waals surface area (Å²) in [5.41, 5.74) is 7.02. The molecule has 84 valence electrons. The van der Waals surface area contributed by atoms with E-state index < -0.39 is 0 Å². The highest BCUT2D eigenvalue weighted by molar-refractivity contribution is 9.10. The number of hydrogen-bond acceptors (Lipinski definition) is 3. The predicted molar refractivity (Wildman–Crippen MR) is 63.9 cm³/mol. The van der Waals surface area contributed by atoms with E-state index in [1.807, 2.05) is 18.2 Å². The van der Waals surface area contributed by atoms with Gasteiger partial charge in [-0.25, -0.2) is 0 Å². The standard InChI is InChI=1S/C11H16BrNO2/c1-15-11-5-4-8(7-9(11)12)10(13)3-2-6-14/h4-5,7,10,14H,2-3,6,13H2,1H3. The predicted octanol–water partition coefficient (Wildman–Crippen LogP) is 2.23. The van der Waals surface area contributed by atoms with Crippen LogP contribution in [0.1, 0.15) is 24.4 Å². The van der Waals surface area contributed by atoms with E-state index in [1.54, 1.807) is 7.11 Å². The first kappa shape index (κ1) is 12.5. The van der Waals surface area contributed by atoms with Gasteiger partial charge in [0.2, 0.25) is 0 Å². The summed E-state index contributed by atoms with van der Waals surface area (Å²) in [5.74, 6) is 0.799. The van der Waals surface area contributed by atoms with Crippen LogP contribution in [0.5, 0.6) is 5.75 Å². The zero-order chi connectivity index (χ0) is 11.3. The van der Waals surface area contributed by atoms with Crippen molar-refractivity contribution < 1.29 is 9.84 Å². The monoisotopic (exact) mass is 273 g/mol. The van der Waals surface area contributed by atoms with E-state index in [2.05, 4.69) is 15.9 Å². The number of hydrogen-bond donors (Lipinski definition) is 2. The molecule has 0 fully saturated rings. The molecule has 0 bridgehead atoms. The van der Waals surface area contributed by atoms with Crippen molar-refractivity contribution in [3.63, 3.8) is 0 Å². The Labute approximate surface area is 98.4 Å². The molecule has 0 spiro atoms. The molecule has 0 heterocycles. The summed E-state index contributed by atoms with van der Waals surface area (Å²) in [5, 5.41) is 8.71. The Morgan fingerprint density at radius 1 is 1.53 bits per heavy atom. The Kier molecular flexibility index (Phi) is 5.08. The average molecular weight is 274 g/mol. The lowest BCUT2D eigenvalue weighted by Crippen LogP contribution is -2.10. The summed E-state index contributed by atoms with van der Waals surface area (Å²) in [6.07, 6.45) is 1.51. The van der Waals surface area contributed by atoms with Gasteiger partial charge >= 0.3 is 0 Å². The SMILES string of the molecule is COc1ccc(C(N)CCCO)cc1Br. The first-order valence-corrected chi connectivity index (χ1v) is 5.68. The number of halogens is 1. The third kappa shape index (κ3) is 3.48. The van der Waals surface area contributed by atoms with Crippen LogP contribution in [0.4, 0.5) is 0 Å². The summed E-state index contributed by atoms with van der Waals surface area (Å²) in [7, 11) is 1.63. The molecule has 0 amide bonds. The van der Waals surface area contributed by atoms with E-state index in [9.17, 15) is 0 Å². The average Bonchev–Trinajstić information content (AvgIpc) is 2.25. The molecule has 3 N–H and O–H groups in total. The minimum absolute atomic E-state index is 0.0284. The van der Waals surface area contributed by atoms with Crippen LogP contribution in [0, 0.1) is 0 Å². The van der Waals surface area contributed by atoms with Crippen LogP contribution in [-0.2, 0) is 0 Å². The molecule has 1 aromatic rings. The highest BCUT2D eigenvalue weighted by atomic mass is 79.9. The Hall–Kier alpha value is -0.580. The van der Waals surface area contributed by atoms with Crippen molar-refractivity contribution in [3.05, 3.63) is 28.2 Å². The van der Waals surface area contributed by atoms with Gasteiger partial charge in [0.25, 0.3) is 0 Å². The second kappa shape index (κ2) is 6.10. The fraction of sp³-hybridized carbons (Fsp3) is 0.455. The molecule has 0 saturated carbocycles. The van der Waals surface area contributed by atoms with Crippen molar-refractivity contribution in [2.24, 2.45) is 5.73 Å². The van der Waals surface area contributed by atoms with Crippen LogP contribution in [0.25, 0.3) is 0 Å². The zero-order valence-corrected chi connectivity index (χ0v) is 10.3. The van der Waals surface area contributed by atoms with E-state index in [-0.39, 0.29) is 12.6 Å². The fourth-order valence-electron chi connectivity index (χ4n) is 1.39. The Morgan fingerprint density at radius 2 is 2.27 bits per heavy atom. The molecule has 4 heteroatoms. The van der Waals surface area contributed by atoms with Crippen molar-refractivity contribution in [1.29, 1.82) is 0 Å². The molecule has 0 aromatic heterocycles. The van der Waals surface area contributed by atoms with Gasteiger partial charge in [0.1, 0.15) is 5.75 Å². The van der Waals surface area contributed by atoms with Gasteiger partial charge in [0.15, 0.2) is 0 Å². The molecule has 1 aromatic carbocycles. The third-order valence-electron chi connectivity index (χ3n) is 2.28. The third-order valence-corrected chi connectivity index (χ3v) is 2.90. The van der Waals surface area contributed by atoms with E-state index in [1.165, 1.54) is 0 Å². The number of aliphatic hydroxyl groups excluding tert-OH is 1. The summed E-state index contributed by atoms with van der Waals surface area (Å²) >= 11 is 3.41. The molecule has 3 nitrogen and oxygen atoms in total. The molecular formula is C11H16BrNO2. The van der Waals surface area contributed by atoms with Gasteiger partial charge in [0, 0.05) is 12.6 Å². The van der Waals surface area contributed by atoms with Gasteiger partial charge in [0.05, 0.1) is 11.6 Å². The van der Waals surface area contributed by atoms with Gasteiger partial charge < -0.3 is 15.6 Å².